The number of methoxy groups -OCH3 is 1. The summed E-state index contributed by atoms with van der Waals surface area (Å²) in [7, 11) is 1.50. The van der Waals surface area contributed by atoms with E-state index < -0.39 is 5.97 Å². The highest BCUT2D eigenvalue weighted by Gasteiger charge is 2.18. The van der Waals surface area contributed by atoms with E-state index in [2.05, 4.69) is 10.3 Å². The van der Waals surface area contributed by atoms with Crippen LogP contribution in [0.4, 0.5) is 5.82 Å². The van der Waals surface area contributed by atoms with Crippen LogP contribution in [0.2, 0.25) is 0 Å². The minimum Gasteiger partial charge on any atom is -0.460 e. The lowest BCUT2D eigenvalue weighted by molar-refractivity contribution is -0.118. The molecule has 1 amide bonds. The van der Waals surface area contributed by atoms with Crippen molar-refractivity contribution in [2.45, 2.75) is 27.5 Å². The summed E-state index contributed by atoms with van der Waals surface area (Å²) in [6.45, 7) is 5.66. The summed E-state index contributed by atoms with van der Waals surface area (Å²) >= 11 is 0. The second kappa shape index (κ2) is 6.89. The third-order valence-electron chi connectivity index (χ3n) is 2.28. The Balaban J connectivity index is 2.93. The molecule has 1 aromatic heterocycles. The number of carbonyl (C=O) groups excluding carboxylic acids is 2. The van der Waals surface area contributed by atoms with Gasteiger partial charge < -0.3 is 14.8 Å². The van der Waals surface area contributed by atoms with Gasteiger partial charge in [0, 0.05) is 13.0 Å². The first-order valence-corrected chi connectivity index (χ1v) is 6.03. The van der Waals surface area contributed by atoms with Crippen molar-refractivity contribution in [2.24, 2.45) is 5.92 Å². The third kappa shape index (κ3) is 4.06. The highest BCUT2D eigenvalue weighted by atomic mass is 16.5. The van der Waals surface area contributed by atoms with Crippen molar-refractivity contribution >= 4 is 17.7 Å². The van der Waals surface area contributed by atoms with E-state index in [4.69, 9.17) is 9.47 Å². The van der Waals surface area contributed by atoms with E-state index in [0.717, 1.165) is 0 Å². The SMILES string of the molecule is CCOC(=O)c1nc(NC(=O)C(C)C)cn1COC. The molecule has 0 atom stereocenters. The van der Waals surface area contributed by atoms with Crippen LogP contribution in [0.5, 0.6) is 0 Å². The topological polar surface area (TPSA) is 82.5 Å². The fourth-order valence-corrected chi connectivity index (χ4v) is 1.34. The third-order valence-corrected chi connectivity index (χ3v) is 2.28. The van der Waals surface area contributed by atoms with E-state index in [0.29, 0.717) is 5.82 Å². The molecular formula is C12H19N3O4. The molecule has 0 saturated heterocycles. The van der Waals surface area contributed by atoms with Gasteiger partial charge in [0.25, 0.3) is 0 Å². The number of esters is 1. The van der Waals surface area contributed by atoms with Crippen molar-refractivity contribution in [2.75, 3.05) is 19.0 Å². The van der Waals surface area contributed by atoms with Gasteiger partial charge in [-0.2, -0.15) is 0 Å². The number of ether oxygens (including phenoxy) is 2. The summed E-state index contributed by atoms with van der Waals surface area (Å²) in [5.41, 5.74) is 0. The molecule has 0 aliphatic heterocycles. The number of nitrogens with zero attached hydrogens (tertiary/aromatic N) is 2. The molecule has 1 aromatic rings. The molecule has 0 radical (unpaired) electrons. The van der Waals surface area contributed by atoms with Crippen LogP contribution in [0, 0.1) is 5.92 Å². The molecule has 1 N–H and O–H groups in total. The number of aromatic nitrogens is 2. The second-order valence-corrected chi connectivity index (χ2v) is 4.20. The largest absolute Gasteiger partial charge is 0.460 e. The fraction of sp³-hybridized carbons (Fsp3) is 0.583. The molecule has 0 aromatic carbocycles. The summed E-state index contributed by atoms with van der Waals surface area (Å²) in [5, 5.41) is 2.62. The standard InChI is InChI=1S/C12H19N3O4/c1-5-19-12(17)10-13-9(6-15(10)7-18-4)14-11(16)8(2)3/h6,8H,5,7H2,1-4H3,(H,14,16). The number of hydrogen-bond acceptors (Lipinski definition) is 5. The lowest BCUT2D eigenvalue weighted by atomic mass is 10.2. The fourth-order valence-electron chi connectivity index (χ4n) is 1.34. The number of anilines is 1. The van der Waals surface area contributed by atoms with Crippen molar-refractivity contribution < 1.29 is 19.1 Å². The number of rotatable bonds is 6. The Morgan fingerprint density at radius 3 is 2.68 bits per heavy atom. The molecule has 0 unspecified atom stereocenters. The Kier molecular flexibility index (Phi) is 5.50. The van der Waals surface area contributed by atoms with Crippen LogP contribution >= 0.6 is 0 Å². The summed E-state index contributed by atoms with van der Waals surface area (Å²) in [6, 6.07) is 0. The van der Waals surface area contributed by atoms with Crippen LogP contribution in [-0.2, 0) is 21.0 Å². The Bertz CT molecular complexity index is 454. The van der Waals surface area contributed by atoms with Gasteiger partial charge in [-0.1, -0.05) is 13.8 Å². The van der Waals surface area contributed by atoms with Gasteiger partial charge in [0.15, 0.2) is 5.82 Å². The van der Waals surface area contributed by atoms with Crippen molar-refractivity contribution in [3.8, 4) is 0 Å². The van der Waals surface area contributed by atoms with Gasteiger partial charge in [-0.05, 0) is 6.92 Å². The molecule has 0 fully saturated rings. The molecule has 7 heteroatoms. The quantitative estimate of drug-likeness (QED) is 0.786. The Hall–Kier alpha value is -1.89. The van der Waals surface area contributed by atoms with Gasteiger partial charge in [0.2, 0.25) is 11.7 Å². The second-order valence-electron chi connectivity index (χ2n) is 4.20. The lowest BCUT2D eigenvalue weighted by Crippen LogP contribution is -2.18. The van der Waals surface area contributed by atoms with Crippen LogP contribution in [0.25, 0.3) is 0 Å². The molecule has 1 heterocycles. The molecule has 19 heavy (non-hydrogen) atoms. The van der Waals surface area contributed by atoms with Gasteiger partial charge >= 0.3 is 5.97 Å². The van der Waals surface area contributed by atoms with E-state index >= 15 is 0 Å². The number of carbonyl (C=O) groups is 2. The summed E-state index contributed by atoms with van der Waals surface area (Å²) in [6.07, 6.45) is 1.54. The Morgan fingerprint density at radius 1 is 1.47 bits per heavy atom. The molecule has 0 bridgehead atoms. The first kappa shape index (κ1) is 15.2. The zero-order chi connectivity index (χ0) is 14.4. The number of amides is 1. The van der Waals surface area contributed by atoms with Gasteiger partial charge in [0.1, 0.15) is 6.73 Å². The lowest BCUT2D eigenvalue weighted by Gasteiger charge is -2.04. The Morgan fingerprint density at radius 2 is 2.16 bits per heavy atom. The van der Waals surface area contributed by atoms with E-state index in [1.165, 1.54) is 17.9 Å². The average Bonchev–Trinajstić information content (AvgIpc) is 2.72. The smallest absolute Gasteiger partial charge is 0.374 e. The van der Waals surface area contributed by atoms with Crippen LogP contribution in [0.3, 0.4) is 0 Å². The zero-order valence-corrected chi connectivity index (χ0v) is 11.6. The predicted molar refractivity (Wildman–Crippen MR) is 68.7 cm³/mol. The summed E-state index contributed by atoms with van der Waals surface area (Å²) in [5.74, 6) is -0.484. The number of nitrogens with one attached hydrogen (secondary N) is 1. The van der Waals surface area contributed by atoms with Gasteiger partial charge in [0.05, 0.1) is 12.8 Å². The van der Waals surface area contributed by atoms with E-state index in [9.17, 15) is 9.59 Å². The maximum absolute atomic E-state index is 11.7. The molecule has 0 spiro atoms. The van der Waals surface area contributed by atoms with Gasteiger partial charge in [-0.3, -0.25) is 9.36 Å². The molecular weight excluding hydrogens is 250 g/mol. The van der Waals surface area contributed by atoms with Gasteiger partial charge in [-0.15, -0.1) is 0 Å². The van der Waals surface area contributed by atoms with E-state index in [-0.39, 0.29) is 31.0 Å². The minimum atomic E-state index is -0.551. The normalized spacial score (nSPS) is 10.6. The summed E-state index contributed by atoms with van der Waals surface area (Å²) < 4.78 is 11.3. The molecule has 7 nitrogen and oxygen atoms in total. The van der Waals surface area contributed by atoms with E-state index in [1.807, 2.05) is 0 Å². The van der Waals surface area contributed by atoms with Crippen molar-refractivity contribution in [1.82, 2.24) is 9.55 Å². The van der Waals surface area contributed by atoms with Crippen molar-refractivity contribution in [1.29, 1.82) is 0 Å². The monoisotopic (exact) mass is 269 g/mol. The van der Waals surface area contributed by atoms with E-state index in [1.54, 1.807) is 20.8 Å². The summed E-state index contributed by atoms with van der Waals surface area (Å²) in [4.78, 5) is 27.3. The highest BCUT2D eigenvalue weighted by molar-refractivity contribution is 5.92. The Labute approximate surface area is 111 Å². The zero-order valence-electron chi connectivity index (χ0n) is 11.6. The average molecular weight is 269 g/mol. The molecule has 0 aliphatic carbocycles. The minimum absolute atomic E-state index is 0.0998. The molecule has 0 saturated carbocycles. The highest BCUT2D eigenvalue weighted by Crippen LogP contribution is 2.11. The predicted octanol–water partition coefficient (Wildman–Crippen LogP) is 1.26. The first-order chi connectivity index (χ1) is 8.99. The van der Waals surface area contributed by atoms with Crippen molar-refractivity contribution in [3.63, 3.8) is 0 Å². The van der Waals surface area contributed by atoms with Crippen LogP contribution in [0.15, 0.2) is 6.20 Å². The van der Waals surface area contributed by atoms with Gasteiger partial charge in [-0.25, -0.2) is 9.78 Å². The first-order valence-electron chi connectivity index (χ1n) is 6.03. The number of imidazole rings is 1. The molecule has 0 aliphatic rings. The molecule has 106 valence electrons. The molecule has 1 rings (SSSR count). The number of hydrogen-bond donors (Lipinski definition) is 1. The van der Waals surface area contributed by atoms with Crippen LogP contribution in [-0.4, -0.2) is 35.1 Å². The van der Waals surface area contributed by atoms with Crippen LogP contribution in [0.1, 0.15) is 31.4 Å². The van der Waals surface area contributed by atoms with Crippen molar-refractivity contribution in [3.05, 3.63) is 12.0 Å². The van der Waals surface area contributed by atoms with Crippen LogP contribution < -0.4 is 5.32 Å². The maximum Gasteiger partial charge on any atom is 0.374 e. The maximum atomic E-state index is 11.7.